The molecule has 0 bridgehead atoms. The van der Waals surface area contributed by atoms with Crippen LogP contribution in [0.1, 0.15) is 29.5 Å². The zero-order valence-electron chi connectivity index (χ0n) is 12.7. The van der Waals surface area contributed by atoms with Crippen LogP contribution in [-0.2, 0) is 16.6 Å². The first kappa shape index (κ1) is 16.4. The van der Waals surface area contributed by atoms with Gasteiger partial charge in [-0.3, -0.25) is 0 Å². The third-order valence-corrected chi connectivity index (χ3v) is 5.66. The van der Waals surface area contributed by atoms with E-state index < -0.39 is 10.0 Å². The van der Waals surface area contributed by atoms with E-state index in [0.717, 1.165) is 30.8 Å². The molecule has 0 amide bonds. The quantitative estimate of drug-likeness (QED) is 0.827. The lowest BCUT2D eigenvalue weighted by Crippen LogP contribution is -2.33. The molecule has 1 aromatic carbocycles. The molecule has 118 valence electrons. The Morgan fingerprint density at radius 2 is 1.90 bits per heavy atom. The van der Waals surface area contributed by atoms with Gasteiger partial charge >= 0.3 is 0 Å². The number of aliphatic hydroxyl groups excluding tert-OH is 1. The van der Waals surface area contributed by atoms with E-state index in [9.17, 15) is 13.5 Å². The number of hydrogen-bond donors (Lipinski definition) is 2. The van der Waals surface area contributed by atoms with Crippen molar-refractivity contribution < 1.29 is 13.5 Å². The molecule has 0 unspecified atom stereocenters. The average molecular weight is 312 g/mol. The van der Waals surface area contributed by atoms with Crippen molar-refractivity contribution in [3.05, 3.63) is 28.8 Å². The Bertz CT molecular complexity index is 593. The molecule has 5 nitrogen and oxygen atoms in total. The molecule has 1 fully saturated rings. The first-order chi connectivity index (χ1) is 9.94. The predicted molar refractivity (Wildman–Crippen MR) is 82.7 cm³/mol. The molecule has 0 aromatic heterocycles. The molecule has 0 atom stereocenters. The second-order valence-electron chi connectivity index (χ2n) is 5.64. The van der Waals surface area contributed by atoms with Crippen molar-refractivity contribution >= 4 is 10.0 Å². The highest BCUT2D eigenvalue weighted by Crippen LogP contribution is 2.21. The normalized spacial score (nSPS) is 16.5. The van der Waals surface area contributed by atoms with Gasteiger partial charge in [-0.2, -0.15) is 0 Å². The van der Waals surface area contributed by atoms with Crippen molar-refractivity contribution in [3.63, 3.8) is 0 Å². The van der Waals surface area contributed by atoms with Crippen LogP contribution in [0.25, 0.3) is 0 Å². The minimum absolute atomic E-state index is 0.155. The van der Waals surface area contributed by atoms with Gasteiger partial charge in [-0.1, -0.05) is 6.07 Å². The van der Waals surface area contributed by atoms with Gasteiger partial charge in [0.15, 0.2) is 0 Å². The van der Waals surface area contributed by atoms with E-state index in [1.165, 1.54) is 12.8 Å². The minimum Gasteiger partial charge on any atom is -0.392 e. The Balaban J connectivity index is 2.09. The number of aryl methyl sites for hydroxylation is 1. The SMILES string of the molecule is Cc1cc(CO)cc(S(=O)(=O)NCCN2CCCC2)c1C. The van der Waals surface area contributed by atoms with Gasteiger partial charge in [0.2, 0.25) is 10.0 Å². The fraction of sp³-hybridized carbons (Fsp3) is 0.600. The summed E-state index contributed by atoms with van der Waals surface area (Å²) < 4.78 is 27.5. The number of hydrogen-bond acceptors (Lipinski definition) is 4. The van der Waals surface area contributed by atoms with Gasteiger partial charge in [-0.05, 0) is 62.5 Å². The van der Waals surface area contributed by atoms with Crippen LogP contribution in [0.4, 0.5) is 0 Å². The molecule has 2 rings (SSSR count). The number of rotatable bonds is 6. The largest absolute Gasteiger partial charge is 0.392 e. The van der Waals surface area contributed by atoms with E-state index >= 15 is 0 Å². The lowest BCUT2D eigenvalue weighted by Gasteiger charge is -2.16. The molecule has 1 aliphatic heterocycles. The molecule has 0 radical (unpaired) electrons. The van der Waals surface area contributed by atoms with E-state index in [1.807, 2.05) is 13.0 Å². The third-order valence-electron chi connectivity index (χ3n) is 4.07. The number of nitrogens with one attached hydrogen (secondary N) is 1. The molecule has 1 saturated heterocycles. The average Bonchev–Trinajstić information content (AvgIpc) is 2.94. The van der Waals surface area contributed by atoms with Crippen LogP contribution in [0.5, 0.6) is 0 Å². The second-order valence-corrected chi connectivity index (χ2v) is 7.38. The Labute approximate surface area is 127 Å². The Morgan fingerprint density at radius 3 is 2.52 bits per heavy atom. The molecule has 1 heterocycles. The van der Waals surface area contributed by atoms with Crippen LogP contribution in [0.2, 0.25) is 0 Å². The molecule has 21 heavy (non-hydrogen) atoms. The van der Waals surface area contributed by atoms with Crippen LogP contribution < -0.4 is 4.72 Å². The van der Waals surface area contributed by atoms with E-state index in [0.29, 0.717) is 12.1 Å². The van der Waals surface area contributed by atoms with Crippen LogP contribution in [0.3, 0.4) is 0 Å². The van der Waals surface area contributed by atoms with Crippen molar-refractivity contribution in [1.29, 1.82) is 0 Å². The van der Waals surface area contributed by atoms with Gasteiger partial charge in [0.05, 0.1) is 11.5 Å². The maximum absolute atomic E-state index is 12.4. The fourth-order valence-corrected chi connectivity index (χ4v) is 4.08. The smallest absolute Gasteiger partial charge is 0.240 e. The van der Waals surface area contributed by atoms with E-state index in [1.54, 1.807) is 13.0 Å². The highest BCUT2D eigenvalue weighted by molar-refractivity contribution is 7.89. The lowest BCUT2D eigenvalue weighted by atomic mass is 10.1. The molecule has 2 N–H and O–H groups in total. The summed E-state index contributed by atoms with van der Waals surface area (Å²) in [7, 11) is -3.53. The van der Waals surface area contributed by atoms with Crippen molar-refractivity contribution in [3.8, 4) is 0 Å². The Hall–Kier alpha value is -0.950. The maximum atomic E-state index is 12.4. The Kier molecular flexibility index (Phi) is 5.37. The number of nitrogens with zero attached hydrogens (tertiary/aromatic N) is 1. The van der Waals surface area contributed by atoms with Crippen molar-refractivity contribution in [2.24, 2.45) is 0 Å². The fourth-order valence-electron chi connectivity index (χ4n) is 2.69. The summed E-state index contributed by atoms with van der Waals surface area (Å²) in [5.74, 6) is 0. The molecule has 1 aliphatic rings. The van der Waals surface area contributed by atoms with Crippen molar-refractivity contribution in [1.82, 2.24) is 9.62 Å². The summed E-state index contributed by atoms with van der Waals surface area (Å²) in [6, 6.07) is 3.37. The van der Waals surface area contributed by atoms with E-state index in [2.05, 4.69) is 9.62 Å². The van der Waals surface area contributed by atoms with Gasteiger partial charge in [-0.25, -0.2) is 13.1 Å². The summed E-state index contributed by atoms with van der Waals surface area (Å²) in [6.07, 6.45) is 2.40. The lowest BCUT2D eigenvalue weighted by molar-refractivity contribution is 0.281. The van der Waals surface area contributed by atoms with Crippen LogP contribution in [0.15, 0.2) is 17.0 Å². The van der Waals surface area contributed by atoms with E-state index in [-0.39, 0.29) is 11.5 Å². The summed E-state index contributed by atoms with van der Waals surface area (Å²) in [6.45, 7) is 6.78. The maximum Gasteiger partial charge on any atom is 0.240 e. The minimum atomic E-state index is -3.53. The predicted octanol–water partition coefficient (Wildman–Crippen LogP) is 1.17. The molecular weight excluding hydrogens is 288 g/mol. The monoisotopic (exact) mass is 312 g/mol. The van der Waals surface area contributed by atoms with Gasteiger partial charge in [0.25, 0.3) is 0 Å². The van der Waals surface area contributed by atoms with Gasteiger partial charge in [0, 0.05) is 13.1 Å². The van der Waals surface area contributed by atoms with Crippen molar-refractivity contribution in [2.75, 3.05) is 26.2 Å². The molecular formula is C15H24N2O3S. The molecule has 0 spiro atoms. The number of sulfonamides is 1. The zero-order valence-corrected chi connectivity index (χ0v) is 13.5. The third kappa shape index (κ3) is 4.03. The summed E-state index contributed by atoms with van der Waals surface area (Å²) >= 11 is 0. The van der Waals surface area contributed by atoms with Crippen LogP contribution >= 0.6 is 0 Å². The van der Waals surface area contributed by atoms with Crippen molar-refractivity contribution in [2.45, 2.75) is 38.2 Å². The second kappa shape index (κ2) is 6.87. The standard InChI is InChI=1S/C15H24N2O3S/c1-12-9-14(11-18)10-15(13(12)2)21(19,20)16-5-8-17-6-3-4-7-17/h9-10,16,18H,3-8,11H2,1-2H3. The number of aliphatic hydroxyl groups is 1. The van der Waals surface area contributed by atoms with Gasteiger partial charge < -0.3 is 10.0 Å². The van der Waals surface area contributed by atoms with Gasteiger partial charge in [-0.15, -0.1) is 0 Å². The molecule has 0 aliphatic carbocycles. The summed E-state index contributed by atoms with van der Waals surface area (Å²) in [5.41, 5.74) is 2.24. The Morgan fingerprint density at radius 1 is 1.24 bits per heavy atom. The summed E-state index contributed by atoms with van der Waals surface area (Å²) in [5, 5.41) is 9.24. The van der Waals surface area contributed by atoms with E-state index in [4.69, 9.17) is 0 Å². The zero-order chi connectivity index (χ0) is 15.5. The summed E-state index contributed by atoms with van der Waals surface area (Å²) in [4.78, 5) is 2.54. The first-order valence-corrected chi connectivity index (χ1v) is 8.85. The number of likely N-dealkylation sites (tertiary alicyclic amines) is 1. The van der Waals surface area contributed by atoms with Crippen LogP contribution in [-0.4, -0.2) is 44.6 Å². The highest BCUT2D eigenvalue weighted by atomic mass is 32.2. The molecule has 1 aromatic rings. The van der Waals surface area contributed by atoms with Gasteiger partial charge in [0.1, 0.15) is 0 Å². The number of benzene rings is 1. The first-order valence-electron chi connectivity index (χ1n) is 7.37. The molecule has 6 heteroatoms. The topological polar surface area (TPSA) is 69.6 Å². The molecule has 0 saturated carbocycles. The highest BCUT2D eigenvalue weighted by Gasteiger charge is 2.19. The van der Waals surface area contributed by atoms with Crippen LogP contribution in [0, 0.1) is 13.8 Å².